The van der Waals surface area contributed by atoms with Crippen LogP contribution in [0, 0.1) is 6.92 Å². The zero-order chi connectivity index (χ0) is 9.68. The molecular weight excluding hydrogens is 162 g/mol. The molecular formula is C10H19N3. The number of unbranched alkanes of at least 4 members (excludes halogenated alkanes) is 2. The monoisotopic (exact) mass is 181 g/mol. The molecule has 1 aromatic rings. The van der Waals surface area contributed by atoms with Gasteiger partial charge in [-0.15, -0.1) is 0 Å². The SMILES string of the molecule is CCCCCc1nc(C)cn1CN. The van der Waals surface area contributed by atoms with Crippen LogP contribution in [0.4, 0.5) is 0 Å². The second kappa shape index (κ2) is 5.02. The van der Waals surface area contributed by atoms with Gasteiger partial charge in [-0.05, 0) is 13.3 Å². The van der Waals surface area contributed by atoms with E-state index in [1.165, 1.54) is 19.3 Å². The van der Waals surface area contributed by atoms with E-state index >= 15 is 0 Å². The highest BCUT2D eigenvalue weighted by molar-refractivity contribution is 5.02. The molecule has 2 N–H and O–H groups in total. The van der Waals surface area contributed by atoms with E-state index in [0.29, 0.717) is 6.67 Å². The summed E-state index contributed by atoms with van der Waals surface area (Å²) in [7, 11) is 0. The molecule has 0 aliphatic heterocycles. The van der Waals surface area contributed by atoms with Crippen LogP contribution in [0.5, 0.6) is 0 Å². The van der Waals surface area contributed by atoms with Crippen LogP contribution in [-0.4, -0.2) is 9.55 Å². The molecule has 1 heterocycles. The third kappa shape index (κ3) is 2.84. The van der Waals surface area contributed by atoms with Crippen molar-refractivity contribution in [3.8, 4) is 0 Å². The maximum absolute atomic E-state index is 5.59. The Kier molecular flexibility index (Phi) is 3.96. The van der Waals surface area contributed by atoms with Crippen molar-refractivity contribution in [2.24, 2.45) is 5.73 Å². The van der Waals surface area contributed by atoms with Crippen LogP contribution < -0.4 is 5.73 Å². The number of hydrogen-bond acceptors (Lipinski definition) is 2. The van der Waals surface area contributed by atoms with Crippen LogP contribution in [0.1, 0.15) is 37.7 Å². The van der Waals surface area contributed by atoms with Crippen LogP contribution in [0.25, 0.3) is 0 Å². The number of hydrogen-bond donors (Lipinski definition) is 1. The molecule has 0 radical (unpaired) electrons. The number of aryl methyl sites for hydroxylation is 2. The average Bonchev–Trinajstić information content (AvgIpc) is 2.47. The van der Waals surface area contributed by atoms with Gasteiger partial charge in [-0.2, -0.15) is 0 Å². The minimum atomic E-state index is 0.544. The second-order valence-corrected chi connectivity index (χ2v) is 3.41. The second-order valence-electron chi connectivity index (χ2n) is 3.41. The maximum atomic E-state index is 5.59. The van der Waals surface area contributed by atoms with Crippen molar-refractivity contribution in [2.75, 3.05) is 0 Å². The number of rotatable bonds is 5. The Labute approximate surface area is 80.0 Å². The van der Waals surface area contributed by atoms with Crippen LogP contribution in [0.15, 0.2) is 6.20 Å². The molecule has 0 bridgehead atoms. The fourth-order valence-corrected chi connectivity index (χ4v) is 1.49. The Balaban J connectivity index is 2.53. The van der Waals surface area contributed by atoms with Crippen molar-refractivity contribution < 1.29 is 0 Å². The lowest BCUT2D eigenvalue weighted by Gasteiger charge is -2.02. The van der Waals surface area contributed by atoms with Crippen molar-refractivity contribution in [1.29, 1.82) is 0 Å². The van der Waals surface area contributed by atoms with E-state index in [0.717, 1.165) is 17.9 Å². The first-order valence-corrected chi connectivity index (χ1v) is 5.00. The standard InChI is InChI=1S/C10H19N3/c1-3-4-5-6-10-12-9(2)7-13(10)8-11/h7H,3-6,8,11H2,1-2H3. The topological polar surface area (TPSA) is 43.8 Å². The van der Waals surface area contributed by atoms with Crippen molar-refractivity contribution >= 4 is 0 Å². The summed E-state index contributed by atoms with van der Waals surface area (Å²) in [4.78, 5) is 4.44. The van der Waals surface area contributed by atoms with Crippen LogP contribution >= 0.6 is 0 Å². The normalized spacial score (nSPS) is 10.7. The molecule has 0 saturated carbocycles. The van der Waals surface area contributed by atoms with Gasteiger partial charge in [0.15, 0.2) is 0 Å². The van der Waals surface area contributed by atoms with E-state index in [2.05, 4.69) is 11.9 Å². The third-order valence-electron chi connectivity index (χ3n) is 2.18. The molecule has 0 spiro atoms. The summed E-state index contributed by atoms with van der Waals surface area (Å²) in [5, 5.41) is 0. The van der Waals surface area contributed by atoms with E-state index in [1.807, 2.05) is 17.7 Å². The molecule has 1 rings (SSSR count). The third-order valence-corrected chi connectivity index (χ3v) is 2.18. The number of aromatic nitrogens is 2. The van der Waals surface area contributed by atoms with Gasteiger partial charge in [-0.3, -0.25) is 0 Å². The van der Waals surface area contributed by atoms with Gasteiger partial charge in [0.2, 0.25) is 0 Å². The van der Waals surface area contributed by atoms with E-state index in [9.17, 15) is 0 Å². The molecule has 0 unspecified atom stereocenters. The minimum Gasteiger partial charge on any atom is -0.322 e. The van der Waals surface area contributed by atoms with Gasteiger partial charge in [-0.25, -0.2) is 4.98 Å². The van der Waals surface area contributed by atoms with Gasteiger partial charge in [-0.1, -0.05) is 19.8 Å². The molecule has 0 aliphatic carbocycles. The zero-order valence-electron chi connectivity index (χ0n) is 8.58. The number of nitrogens with zero attached hydrogens (tertiary/aromatic N) is 2. The van der Waals surface area contributed by atoms with Crippen LogP contribution in [-0.2, 0) is 13.1 Å². The van der Waals surface area contributed by atoms with E-state index in [4.69, 9.17) is 5.73 Å². The van der Waals surface area contributed by atoms with Gasteiger partial charge in [0.05, 0.1) is 12.4 Å². The van der Waals surface area contributed by atoms with Crippen molar-refractivity contribution in [3.63, 3.8) is 0 Å². The zero-order valence-corrected chi connectivity index (χ0v) is 8.58. The van der Waals surface area contributed by atoms with Gasteiger partial charge in [0, 0.05) is 12.6 Å². The fraction of sp³-hybridized carbons (Fsp3) is 0.700. The smallest absolute Gasteiger partial charge is 0.110 e. The Bertz CT molecular complexity index is 253. The van der Waals surface area contributed by atoms with Crippen LogP contribution in [0.2, 0.25) is 0 Å². The first-order chi connectivity index (χ1) is 6.27. The molecule has 0 aliphatic rings. The quantitative estimate of drug-likeness (QED) is 0.704. The molecule has 0 atom stereocenters. The van der Waals surface area contributed by atoms with Crippen molar-refractivity contribution in [1.82, 2.24) is 9.55 Å². The molecule has 3 nitrogen and oxygen atoms in total. The molecule has 0 saturated heterocycles. The molecule has 0 amide bonds. The van der Waals surface area contributed by atoms with Gasteiger partial charge < -0.3 is 10.3 Å². The molecule has 74 valence electrons. The lowest BCUT2D eigenvalue weighted by atomic mass is 10.2. The fourth-order valence-electron chi connectivity index (χ4n) is 1.49. The molecule has 0 fully saturated rings. The molecule has 13 heavy (non-hydrogen) atoms. The minimum absolute atomic E-state index is 0.544. The number of imidazole rings is 1. The first-order valence-electron chi connectivity index (χ1n) is 5.00. The highest BCUT2D eigenvalue weighted by Crippen LogP contribution is 2.06. The maximum Gasteiger partial charge on any atom is 0.110 e. The summed E-state index contributed by atoms with van der Waals surface area (Å²) < 4.78 is 2.03. The lowest BCUT2D eigenvalue weighted by Crippen LogP contribution is -2.09. The van der Waals surface area contributed by atoms with Crippen LogP contribution in [0.3, 0.4) is 0 Å². The predicted octanol–water partition coefficient (Wildman–Crippen LogP) is 1.84. The van der Waals surface area contributed by atoms with E-state index in [1.54, 1.807) is 0 Å². The van der Waals surface area contributed by atoms with Gasteiger partial charge in [0.25, 0.3) is 0 Å². The molecule has 3 heteroatoms. The Morgan fingerprint density at radius 3 is 2.85 bits per heavy atom. The van der Waals surface area contributed by atoms with E-state index in [-0.39, 0.29) is 0 Å². The largest absolute Gasteiger partial charge is 0.322 e. The number of nitrogens with two attached hydrogens (primary N) is 1. The summed E-state index contributed by atoms with van der Waals surface area (Å²) in [6.07, 6.45) is 6.81. The Morgan fingerprint density at radius 2 is 2.23 bits per heavy atom. The summed E-state index contributed by atoms with van der Waals surface area (Å²) in [6, 6.07) is 0. The lowest BCUT2D eigenvalue weighted by molar-refractivity contribution is 0.631. The average molecular weight is 181 g/mol. The summed E-state index contributed by atoms with van der Waals surface area (Å²) in [5.74, 6) is 1.13. The summed E-state index contributed by atoms with van der Waals surface area (Å²) in [5.41, 5.74) is 6.66. The highest BCUT2D eigenvalue weighted by atomic mass is 15.1. The highest BCUT2D eigenvalue weighted by Gasteiger charge is 2.02. The van der Waals surface area contributed by atoms with E-state index < -0.39 is 0 Å². The summed E-state index contributed by atoms with van der Waals surface area (Å²) in [6.45, 7) is 4.76. The molecule has 1 aromatic heterocycles. The summed E-state index contributed by atoms with van der Waals surface area (Å²) >= 11 is 0. The van der Waals surface area contributed by atoms with Gasteiger partial charge >= 0.3 is 0 Å². The molecule has 0 aromatic carbocycles. The van der Waals surface area contributed by atoms with Crippen molar-refractivity contribution in [2.45, 2.75) is 46.2 Å². The Morgan fingerprint density at radius 1 is 1.46 bits per heavy atom. The van der Waals surface area contributed by atoms with Gasteiger partial charge in [0.1, 0.15) is 5.82 Å². The van der Waals surface area contributed by atoms with Crippen molar-refractivity contribution in [3.05, 3.63) is 17.7 Å². The first kappa shape index (κ1) is 10.3. The Hall–Kier alpha value is -0.830. The predicted molar refractivity (Wildman–Crippen MR) is 54.4 cm³/mol.